The van der Waals surface area contributed by atoms with Crippen molar-refractivity contribution in [1.82, 2.24) is 4.72 Å². The van der Waals surface area contributed by atoms with Gasteiger partial charge in [0, 0.05) is 12.6 Å². The Morgan fingerprint density at radius 2 is 2.00 bits per heavy atom. The van der Waals surface area contributed by atoms with Crippen LogP contribution in [-0.4, -0.2) is 31.4 Å². The number of hydrogen-bond acceptors (Lipinski definition) is 4. The van der Waals surface area contributed by atoms with Gasteiger partial charge in [0.2, 0.25) is 15.9 Å². The minimum Gasteiger partial charge on any atom is -0.480 e. The van der Waals surface area contributed by atoms with E-state index in [4.69, 9.17) is 5.11 Å². The van der Waals surface area contributed by atoms with Crippen molar-refractivity contribution >= 4 is 27.6 Å². The molecule has 1 aromatic rings. The first kappa shape index (κ1) is 17.1. The molecule has 0 saturated heterocycles. The molecule has 0 unspecified atom stereocenters. The van der Waals surface area contributed by atoms with Crippen molar-refractivity contribution in [3.63, 3.8) is 0 Å². The third-order valence-corrected chi connectivity index (χ3v) is 4.05. The second-order valence-corrected chi connectivity index (χ2v) is 5.93. The number of carbonyl (C=O) groups excluding carboxylic acids is 1. The standard InChI is InChI=1S/C12H15FN2O5S/c1-3-10(12(17)18)15-21(19,20)11-5-4-8(6-9(11)13)14-7(2)16/h4-6,10,15H,3H2,1-2H3,(H,14,16)(H,17,18)/t10-/m1/s1. The van der Waals surface area contributed by atoms with E-state index in [1.807, 2.05) is 4.72 Å². The van der Waals surface area contributed by atoms with Gasteiger partial charge in [0.25, 0.3) is 0 Å². The van der Waals surface area contributed by atoms with E-state index >= 15 is 0 Å². The van der Waals surface area contributed by atoms with Crippen LogP contribution in [0.4, 0.5) is 10.1 Å². The molecule has 0 bridgehead atoms. The molecule has 0 spiro atoms. The number of aliphatic carboxylic acids is 1. The van der Waals surface area contributed by atoms with Gasteiger partial charge < -0.3 is 10.4 Å². The van der Waals surface area contributed by atoms with Gasteiger partial charge in [0.05, 0.1) is 0 Å². The maximum Gasteiger partial charge on any atom is 0.321 e. The smallest absolute Gasteiger partial charge is 0.321 e. The monoisotopic (exact) mass is 318 g/mol. The number of hydrogen-bond donors (Lipinski definition) is 3. The van der Waals surface area contributed by atoms with Gasteiger partial charge in [-0.25, -0.2) is 12.8 Å². The van der Waals surface area contributed by atoms with E-state index in [-0.39, 0.29) is 12.1 Å². The summed E-state index contributed by atoms with van der Waals surface area (Å²) in [6.07, 6.45) is 0.0140. The molecule has 9 heteroatoms. The molecule has 0 radical (unpaired) electrons. The summed E-state index contributed by atoms with van der Waals surface area (Å²) in [4.78, 5) is 21.0. The SMILES string of the molecule is CC[C@@H](NS(=O)(=O)c1ccc(NC(C)=O)cc1F)C(=O)O. The van der Waals surface area contributed by atoms with Crippen LogP contribution in [0.3, 0.4) is 0 Å². The van der Waals surface area contributed by atoms with Crippen molar-refractivity contribution in [2.24, 2.45) is 0 Å². The topological polar surface area (TPSA) is 113 Å². The number of amides is 1. The van der Waals surface area contributed by atoms with Crippen LogP contribution in [-0.2, 0) is 19.6 Å². The van der Waals surface area contributed by atoms with Crippen molar-refractivity contribution in [1.29, 1.82) is 0 Å². The van der Waals surface area contributed by atoms with Gasteiger partial charge in [-0.1, -0.05) is 6.92 Å². The summed E-state index contributed by atoms with van der Waals surface area (Å²) in [6.45, 7) is 2.71. The van der Waals surface area contributed by atoms with Crippen LogP contribution < -0.4 is 10.0 Å². The number of sulfonamides is 1. The molecule has 21 heavy (non-hydrogen) atoms. The first-order chi connectivity index (χ1) is 9.67. The predicted octanol–water partition coefficient (Wildman–Crippen LogP) is 0.926. The van der Waals surface area contributed by atoms with Crippen LogP contribution >= 0.6 is 0 Å². The van der Waals surface area contributed by atoms with E-state index in [0.717, 1.165) is 12.1 Å². The zero-order chi connectivity index (χ0) is 16.2. The third-order valence-electron chi connectivity index (χ3n) is 2.55. The molecule has 1 rings (SSSR count). The number of halogens is 1. The van der Waals surface area contributed by atoms with Gasteiger partial charge in [-0.05, 0) is 24.6 Å². The fraction of sp³-hybridized carbons (Fsp3) is 0.333. The van der Waals surface area contributed by atoms with Crippen molar-refractivity contribution in [3.8, 4) is 0 Å². The Morgan fingerprint density at radius 1 is 1.38 bits per heavy atom. The molecular formula is C12H15FN2O5S. The number of benzene rings is 1. The molecule has 0 heterocycles. The van der Waals surface area contributed by atoms with Gasteiger partial charge in [0.1, 0.15) is 16.8 Å². The Kier molecular flexibility index (Phi) is 5.39. The van der Waals surface area contributed by atoms with Gasteiger partial charge in [-0.3, -0.25) is 9.59 Å². The molecule has 0 aliphatic carbocycles. The number of nitrogens with one attached hydrogen (secondary N) is 2. The van der Waals surface area contributed by atoms with Crippen LogP contribution in [0.2, 0.25) is 0 Å². The number of rotatable bonds is 6. The molecule has 116 valence electrons. The van der Waals surface area contributed by atoms with Crippen molar-refractivity contribution in [2.45, 2.75) is 31.2 Å². The number of carbonyl (C=O) groups is 2. The van der Waals surface area contributed by atoms with E-state index in [2.05, 4.69) is 5.32 Å². The largest absolute Gasteiger partial charge is 0.480 e. The highest BCUT2D eigenvalue weighted by Crippen LogP contribution is 2.19. The third kappa shape index (κ3) is 4.50. The summed E-state index contributed by atoms with van der Waals surface area (Å²) in [5.74, 6) is -2.87. The summed E-state index contributed by atoms with van der Waals surface area (Å²) in [5.41, 5.74) is 0.101. The van der Waals surface area contributed by atoms with Crippen LogP contribution in [0.5, 0.6) is 0 Å². The summed E-state index contributed by atoms with van der Waals surface area (Å²) >= 11 is 0. The molecule has 1 atom stereocenters. The Balaban J connectivity index is 3.09. The van der Waals surface area contributed by atoms with Crippen molar-refractivity contribution in [3.05, 3.63) is 24.0 Å². The molecule has 0 aliphatic rings. The van der Waals surface area contributed by atoms with Gasteiger partial charge in [-0.2, -0.15) is 4.72 Å². The number of carboxylic acid groups (broad SMARTS) is 1. The fourth-order valence-corrected chi connectivity index (χ4v) is 2.89. The van der Waals surface area contributed by atoms with Crippen molar-refractivity contribution < 1.29 is 27.5 Å². The minimum atomic E-state index is -4.31. The Morgan fingerprint density at radius 3 is 2.43 bits per heavy atom. The Bertz CT molecular complexity index is 660. The van der Waals surface area contributed by atoms with Gasteiger partial charge in [0.15, 0.2) is 0 Å². The molecule has 0 saturated carbocycles. The molecule has 7 nitrogen and oxygen atoms in total. The Labute approximate surface area is 121 Å². The van der Waals surface area contributed by atoms with Crippen molar-refractivity contribution in [2.75, 3.05) is 5.32 Å². The second kappa shape index (κ2) is 6.64. The zero-order valence-electron chi connectivity index (χ0n) is 11.4. The van der Waals surface area contributed by atoms with E-state index in [0.29, 0.717) is 0 Å². The second-order valence-electron chi connectivity index (χ2n) is 4.25. The van der Waals surface area contributed by atoms with E-state index in [1.165, 1.54) is 19.9 Å². The highest BCUT2D eigenvalue weighted by molar-refractivity contribution is 7.89. The fourth-order valence-electron chi connectivity index (χ4n) is 1.56. The lowest BCUT2D eigenvalue weighted by molar-refractivity contribution is -0.139. The van der Waals surface area contributed by atoms with E-state index in [1.54, 1.807) is 0 Å². The summed E-state index contributed by atoms with van der Waals surface area (Å²) < 4.78 is 39.7. The van der Waals surface area contributed by atoms with Crippen LogP contribution in [0.1, 0.15) is 20.3 Å². The van der Waals surface area contributed by atoms with Crippen LogP contribution in [0.25, 0.3) is 0 Å². The average molecular weight is 318 g/mol. The summed E-state index contributed by atoms with van der Waals surface area (Å²) in [5, 5.41) is 11.1. The zero-order valence-corrected chi connectivity index (χ0v) is 12.2. The van der Waals surface area contributed by atoms with E-state index < -0.39 is 38.7 Å². The summed E-state index contributed by atoms with van der Waals surface area (Å²) in [6, 6.07) is 1.67. The lowest BCUT2D eigenvalue weighted by Crippen LogP contribution is -2.40. The summed E-state index contributed by atoms with van der Waals surface area (Å²) in [7, 11) is -4.31. The first-order valence-corrected chi connectivity index (χ1v) is 7.48. The molecular weight excluding hydrogens is 303 g/mol. The highest BCUT2D eigenvalue weighted by atomic mass is 32.2. The van der Waals surface area contributed by atoms with Gasteiger partial charge >= 0.3 is 5.97 Å². The molecule has 0 fully saturated rings. The van der Waals surface area contributed by atoms with E-state index in [9.17, 15) is 22.4 Å². The quantitative estimate of drug-likeness (QED) is 0.722. The van der Waals surface area contributed by atoms with Gasteiger partial charge in [-0.15, -0.1) is 0 Å². The lowest BCUT2D eigenvalue weighted by atomic mass is 10.2. The minimum absolute atomic E-state index is 0.0140. The van der Waals surface area contributed by atoms with Crippen LogP contribution in [0.15, 0.2) is 23.1 Å². The first-order valence-electron chi connectivity index (χ1n) is 5.99. The maximum atomic E-state index is 13.8. The number of carboxylic acids is 1. The molecule has 0 aliphatic heterocycles. The predicted molar refractivity (Wildman–Crippen MR) is 72.7 cm³/mol. The normalized spacial score (nSPS) is 12.7. The maximum absolute atomic E-state index is 13.8. The van der Waals surface area contributed by atoms with Crippen LogP contribution in [0, 0.1) is 5.82 Å². The molecule has 1 aromatic carbocycles. The number of anilines is 1. The average Bonchev–Trinajstić information content (AvgIpc) is 2.34. The highest BCUT2D eigenvalue weighted by Gasteiger charge is 2.26. The molecule has 1 amide bonds. The lowest BCUT2D eigenvalue weighted by Gasteiger charge is -2.13. The Hall–Kier alpha value is -2.00. The molecule has 0 aromatic heterocycles. The molecule has 3 N–H and O–H groups in total.